The van der Waals surface area contributed by atoms with Crippen molar-refractivity contribution in [1.82, 2.24) is 5.32 Å². The predicted molar refractivity (Wildman–Crippen MR) is 89.8 cm³/mol. The fourth-order valence-corrected chi connectivity index (χ4v) is 3.53. The summed E-state index contributed by atoms with van der Waals surface area (Å²) in [4.78, 5) is 12.9. The smallest absolute Gasteiger partial charge is 0.231 e. The Hall–Kier alpha value is -1.87. The molecule has 2 nitrogen and oxygen atoms in total. The second-order valence-electron chi connectivity index (χ2n) is 6.08. The lowest BCUT2D eigenvalue weighted by molar-refractivity contribution is -0.126. The van der Waals surface area contributed by atoms with Crippen LogP contribution in [-0.4, -0.2) is 5.91 Å². The van der Waals surface area contributed by atoms with Gasteiger partial charge in [-0.1, -0.05) is 54.8 Å². The van der Waals surface area contributed by atoms with Crippen LogP contribution in [0.4, 0.5) is 4.39 Å². The summed E-state index contributed by atoms with van der Waals surface area (Å²) in [5, 5.41) is 3.64. The minimum Gasteiger partial charge on any atom is -0.351 e. The topological polar surface area (TPSA) is 29.1 Å². The molecule has 2 aromatic carbocycles. The van der Waals surface area contributed by atoms with Gasteiger partial charge < -0.3 is 5.32 Å². The van der Waals surface area contributed by atoms with Gasteiger partial charge in [-0.25, -0.2) is 4.39 Å². The zero-order valence-electron chi connectivity index (χ0n) is 12.8. The number of rotatable bonds is 4. The van der Waals surface area contributed by atoms with E-state index >= 15 is 0 Å². The van der Waals surface area contributed by atoms with Crippen molar-refractivity contribution in [3.8, 4) is 0 Å². The lowest BCUT2D eigenvalue weighted by atomic mass is 9.77. The highest BCUT2D eigenvalue weighted by molar-refractivity contribution is 6.30. The molecule has 23 heavy (non-hydrogen) atoms. The normalized spacial score (nSPS) is 16.3. The van der Waals surface area contributed by atoms with Crippen LogP contribution >= 0.6 is 11.6 Å². The minimum absolute atomic E-state index is 0.0879. The molecule has 1 amide bonds. The van der Waals surface area contributed by atoms with Crippen LogP contribution in [0.3, 0.4) is 0 Å². The first-order valence-electron chi connectivity index (χ1n) is 7.90. The molecule has 3 rings (SSSR count). The van der Waals surface area contributed by atoms with Crippen molar-refractivity contribution < 1.29 is 9.18 Å². The van der Waals surface area contributed by atoms with Crippen LogP contribution in [0.1, 0.15) is 36.8 Å². The molecule has 120 valence electrons. The highest BCUT2D eigenvalue weighted by Gasteiger charge is 2.44. The highest BCUT2D eigenvalue weighted by atomic mass is 35.5. The molecule has 1 fully saturated rings. The fraction of sp³-hybridized carbons (Fsp3) is 0.316. The number of halogens is 2. The molecule has 1 N–H and O–H groups in total. The Morgan fingerprint density at radius 3 is 2.39 bits per heavy atom. The summed E-state index contributed by atoms with van der Waals surface area (Å²) < 4.78 is 14.3. The van der Waals surface area contributed by atoms with E-state index in [0.717, 1.165) is 18.4 Å². The second-order valence-corrected chi connectivity index (χ2v) is 6.51. The molecule has 0 radical (unpaired) electrons. The van der Waals surface area contributed by atoms with Gasteiger partial charge in [0.1, 0.15) is 5.82 Å². The Bertz CT molecular complexity index is 693. The van der Waals surface area contributed by atoms with Crippen LogP contribution in [0.5, 0.6) is 0 Å². The molecule has 1 aliphatic rings. The Morgan fingerprint density at radius 2 is 1.74 bits per heavy atom. The van der Waals surface area contributed by atoms with Crippen LogP contribution in [0.25, 0.3) is 0 Å². The van der Waals surface area contributed by atoms with Gasteiger partial charge in [0.15, 0.2) is 0 Å². The van der Waals surface area contributed by atoms with Gasteiger partial charge >= 0.3 is 0 Å². The number of amides is 1. The van der Waals surface area contributed by atoms with Crippen LogP contribution in [0, 0.1) is 5.82 Å². The van der Waals surface area contributed by atoms with E-state index in [4.69, 9.17) is 11.6 Å². The van der Waals surface area contributed by atoms with Crippen molar-refractivity contribution in [2.75, 3.05) is 0 Å². The maximum absolute atomic E-state index is 14.3. The van der Waals surface area contributed by atoms with Crippen molar-refractivity contribution in [2.45, 2.75) is 37.6 Å². The van der Waals surface area contributed by atoms with E-state index in [-0.39, 0.29) is 11.7 Å². The summed E-state index contributed by atoms with van der Waals surface area (Å²) in [6.45, 7) is 0.423. The molecule has 2 aromatic rings. The number of carbonyl (C=O) groups is 1. The molecular weight excluding hydrogens is 313 g/mol. The summed E-state index contributed by atoms with van der Waals surface area (Å²) in [6.07, 6.45) is 3.28. The molecule has 4 heteroatoms. The van der Waals surface area contributed by atoms with Crippen LogP contribution < -0.4 is 5.32 Å². The first-order valence-corrected chi connectivity index (χ1v) is 8.27. The van der Waals surface area contributed by atoms with E-state index in [0.29, 0.717) is 30.0 Å². The Balaban J connectivity index is 1.80. The third-order valence-corrected chi connectivity index (χ3v) is 4.90. The van der Waals surface area contributed by atoms with Crippen LogP contribution in [-0.2, 0) is 16.8 Å². The van der Waals surface area contributed by atoms with E-state index in [1.165, 1.54) is 6.07 Å². The molecule has 1 saturated carbocycles. The van der Waals surface area contributed by atoms with Crippen molar-refractivity contribution in [3.63, 3.8) is 0 Å². The highest BCUT2D eigenvalue weighted by Crippen LogP contribution is 2.42. The molecule has 0 aliphatic heterocycles. The average Bonchev–Trinajstić information content (AvgIpc) is 3.05. The summed E-state index contributed by atoms with van der Waals surface area (Å²) in [5.74, 6) is -0.383. The number of carbonyl (C=O) groups excluding carboxylic acids is 1. The van der Waals surface area contributed by atoms with E-state index in [2.05, 4.69) is 5.32 Å². The lowest BCUT2D eigenvalue weighted by Crippen LogP contribution is -2.42. The molecule has 0 bridgehead atoms. The predicted octanol–water partition coefficient (Wildman–Crippen LogP) is 4.61. The Morgan fingerprint density at radius 1 is 1.09 bits per heavy atom. The molecule has 0 unspecified atom stereocenters. The van der Waals surface area contributed by atoms with E-state index in [1.807, 2.05) is 12.1 Å². The average molecular weight is 332 g/mol. The summed E-state index contributed by atoms with van der Waals surface area (Å²) in [7, 11) is 0. The maximum atomic E-state index is 14.3. The Kier molecular flexibility index (Phi) is 4.67. The van der Waals surface area contributed by atoms with Gasteiger partial charge in [0.2, 0.25) is 5.91 Å². The van der Waals surface area contributed by atoms with Crippen LogP contribution in [0.2, 0.25) is 5.02 Å². The van der Waals surface area contributed by atoms with Crippen molar-refractivity contribution in [1.29, 1.82) is 0 Å². The van der Waals surface area contributed by atoms with E-state index in [1.54, 1.807) is 30.3 Å². The number of benzene rings is 2. The zero-order chi connectivity index (χ0) is 16.3. The second kappa shape index (κ2) is 6.71. The molecule has 0 aromatic heterocycles. The molecule has 1 aliphatic carbocycles. The first-order chi connectivity index (χ1) is 11.1. The van der Waals surface area contributed by atoms with Crippen molar-refractivity contribution in [3.05, 3.63) is 70.5 Å². The molecule has 0 heterocycles. The van der Waals surface area contributed by atoms with Gasteiger partial charge in [0.25, 0.3) is 0 Å². The summed E-state index contributed by atoms with van der Waals surface area (Å²) >= 11 is 5.87. The summed E-state index contributed by atoms with van der Waals surface area (Å²) in [5.41, 5.74) is 0.758. The van der Waals surface area contributed by atoms with Crippen molar-refractivity contribution >= 4 is 17.5 Å². The quantitative estimate of drug-likeness (QED) is 0.871. The number of hydrogen-bond donors (Lipinski definition) is 1. The van der Waals surface area contributed by atoms with Gasteiger partial charge in [0, 0.05) is 17.1 Å². The molecule has 0 spiro atoms. The van der Waals surface area contributed by atoms with Crippen LogP contribution in [0.15, 0.2) is 48.5 Å². The maximum Gasteiger partial charge on any atom is 0.231 e. The number of hydrogen-bond acceptors (Lipinski definition) is 1. The monoisotopic (exact) mass is 331 g/mol. The SMILES string of the molecule is O=C(NCc1ccc(Cl)cc1)C1(c2ccccc2F)CCCC1. The van der Waals surface area contributed by atoms with Gasteiger partial charge in [-0.05, 0) is 36.6 Å². The van der Waals surface area contributed by atoms with Crippen molar-refractivity contribution in [2.24, 2.45) is 0 Å². The molecular formula is C19H19ClFNO. The van der Waals surface area contributed by atoms with Gasteiger partial charge in [-0.3, -0.25) is 4.79 Å². The largest absolute Gasteiger partial charge is 0.351 e. The standard InChI is InChI=1S/C19H19ClFNO/c20-15-9-7-14(8-10-15)13-22-18(23)19(11-3-4-12-19)16-5-1-2-6-17(16)21/h1-2,5-10H,3-4,11-13H2,(H,22,23). The first kappa shape index (κ1) is 16.0. The third kappa shape index (κ3) is 3.25. The Labute approximate surface area is 140 Å². The minimum atomic E-state index is -0.738. The molecule has 0 saturated heterocycles. The van der Waals surface area contributed by atoms with Gasteiger partial charge in [-0.15, -0.1) is 0 Å². The summed E-state index contributed by atoms with van der Waals surface area (Å²) in [6, 6.07) is 14.0. The van der Waals surface area contributed by atoms with Gasteiger partial charge in [0.05, 0.1) is 5.41 Å². The van der Waals surface area contributed by atoms with E-state index in [9.17, 15) is 9.18 Å². The fourth-order valence-electron chi connectivity index (χ4n) is 3.40. The van der Waals surface area contributed by atoms with E-state index < -0.39 is 5.41 Å². The van der Waals surface area contributed by atoms with Gasteiger partial charge in [-0.2, -0.15) is 0 Å². The number of nitrogens with one attached hydrogen (secondary N) is 1. The third-order valence-electron chi connectivity index (χ3n) is 4.65. The lowest BCUT2D eigenvalue weighted by Gasteiger charge is -2.28. The zero-order valence-corrected chi connectivity index (χ0v) is 13.6. The molecule has 0 atom stereocenters.